The standard InChI is InChI=1S/C43H50N4O16S2/c1-42(2)28-23-26(64-63-62-61-5)13-16-32(28)46(21-19-36(48)44-30(40(54)55)15-18-38(50)51)34(42)11-9-7-6-8-10-12-35-43(3,4)29-24-27(65(58,59)60)14-17-33(29)47(35)22-20-37(49)45-31(41(56)57)25-39(52)53/h6-14,16-17,23-24,30-31H,15,18-22,25H2,1-5H3,(H6-,44,45,48,49,50,51,52,53,54,55,56,57,58,59,60)/p+1/t30-,31?/m0/s1. The monoisotopic (exact) mass is 943 g/mol. The predicted molar refractivity (Wildman–Crippen MR) is 234 cm³/mol. The summed E-state index contributed by atoms with van der Waals surface area (Å²) in [7, 11) is -3.27. The first-order valence-corrected chi connectivity index (χ1v) is 22.1. The number of allylic oxidation sites excluding steroid dienone is 8. The van der Waals surface area contributed by atoms with E-state index in [2.05, 4.69) is 20.6 Å². The topological polar surface area (TPSA) is 296 Å². The highest BCUT2D eigenvalue weighted by atomic mass is 32.2. The normalized spacial score (nSPS) is 16.8. The average molecular weight is 944 g/mol. The molecule has 2 aliphatic heterocycles. The molecule has 1 unspecified atom stereocenters. The highest BCUT2D eigenvalue weighted by Gasteiger charge is 2.45. The van der Waals surface area contributed by atoms with Crippen molar-refractivity contribution in [2.75, 3.05) is 25.1 Å². The van der Waals surface area contributed by atoms with Crippen molar-refractivity contribution in [3.8, 4) is 0 Å². The maximum atomic E-state index is 13.0. The van der Waals surface area contributed by atoms with E-state index >= 15 is 0 Å². The largest absolute Gasteiger partial charge is 0.481 e. The Hall–Kier alpha value is -6.17. The number of nitrogens with zero attached hydrogens (tertiary/aromatic N) is 2. The lowest BCUT2D eigenvalue weighted by molar-refractivity contribution is -0.447. The molecule has 0 bridgehead atoms. The fourth-order valence-electron chi connectivity index (χ4n) is 7.43. The van der Waals surface area contributed by atoms with Gasteiger partial charge in [0.2, 0.25) is 17.5 Å². The van der Waals surface area contributed by atoms with Gasteiger partial charge in [-0.2, -0.15) is 13.0 Å². The summed E-state index contributed by atoms with van der Waals surface area (Å²) in [6.07, 6.45) is 10.5. The van der Waals surface area contributed by atoms with Gasteiger partial charge in [0, 0.05) is 58.8 Å². The van der Waals surface area contributed by atoms with Gasteiger partial charge in [-0.15, -0.1) is 4.33 Å². The van der Waals surface area contributed by atoms with Crippen LogP contribution in [0.25, 0.3) is 0 Å². The summed E-state index contributed by atoms with van der Waals surface area (Å²) in [5.41, 5.74) is 2.67. The molecule has 350 valence electrons. The minimum atomic E-state index is -4.56. The third-order valence-corrected chi connectivity index (χ3v) is 12.0. The van der Waals surface area contributed by atoms with Gasteiger partial charge in [0.05, 0.1) is 42.3 Å². The Labute approximate surface area is 378 Å². The van der Waals surface area contributed by atoms with E-state index in [-0.39, 0.29) is 37.2 Å². The predicted octanol–water partition coefficient (Wildman–Crippen LogP) is 4.44. The third-order valence-electron chi connectivity index (χ3n) is 10.6. The molecule has 0 spiro atoms. The minimum Gasteiger partial charge on any atom is -0.481 e. The molecule has 2 amide bonds. The Morgan fingerprint density at radius 2 is 1.45 bits per heavy atom. The second-order valence-corrected chi connectivity index (χ2v) is 18.0. The van der Waals surface area contributed by atoms with E-state index in [0.29, 0.717) is 21.8 Å². The molecule has 0 saturated heterocycles. The molecule has 2 atom stereocenters. The lowest BCUT2D eigenvalue weighted by Gasteiger charge is -2.27. The Bertz CT molecular complexity index is 2460. The lowest BCUT2D eigenvalue weighted by Crippen LogP contribution is -2.43. The summed E-state index contributed by atoms with van der Waals surface area (Å²) < 4.78 is 40.8. The van der Waals surface area contributed by atoms with Crippen LogP contribution in [0.15, 0.2) is 94.4 Å². The maximum Gasteiger partial charge on any atom is 0.326 e. The highest BCUT2D eigenvalue weighted by Crippen LogP contribution is 2.48. The van der Waals surface area contributed by atoms with Crippen LogP contribution in [0, 0.1) is 0 Å². The Kier molecular flexibility index (Phi) is 17.5. The number of nitrogens with one attached hydrogen (secondary N) is 2. The molecule has 0 saturated carbocycles. The van der Waals surface area contributed by atoms with Crippen molar-refractivity contribution in [3.05, 3.63) is 95.8 Å². The van der Waals surface area contributed by atoms with E-state index in [0.717, 1.165) is 29.0 Å². The second-order valence-electron chi connectivity index (χ2n) is 15.8. The van der Waals surface area contributed by atoms with Crippen molar-refractivity contribution in [2.24, 2.45) is 0 Å². The first-order chi connectivity index (χ1) is 30.5. The van der Waals surface area contributed by atoms with Gasteiger partial charge >= 0.3 is 23.9 Å². The number of carboxylic acids is 4. The lowest BCUT2D eigenvalue weighted by atomic mass is 9.81. The molecule has 65 heavy (non-hydrogen) atoms. The van der Waals surface area contributed by atoms with Crippen molar-refractivity contribution in [1.29, 1.82) is 0 Å². The van der Waals surface area contributed by atoms with Gasteiger partial charge in [-0.25, -0.2) is 14.5 Å². The second kappa shape index (κ2) is 22.1. The quantitative estimate of drug-likeness (QED) is 0.0146. The number of aliphatic carboxylic acids is 4. The smallest absolute Gasteiger partial charge is 0.326 e. The van der Waals surface area contributed by atoms with Crippen LogP contribution < -0.4 is 15.5 Å². The first-order valence-electron chi connectivity index (χ1n) is 19.9. The third kappa shape index (κ3) is 13.4. The van der Waals surface area contributed by atoms with Crippen LogP contribution in [-0.4, -0.2) is 112 Å². The molecule has 4 rings (SSSR count). The number of anilines is 1. The van der Waals surface area contributed by atoms with Crippen molar-refractivity contribution >= 4 is 74.9 Å². The molecule has 7 N–H and O–H groups in total. The molecule has 2 heterocycles. The van der Waals surface area contributed by atoms with Gasteiger partial charge in [0.1, 0.15) is 12.1 Å². The molecule has 20 nitrogen and oxygen atoms in total. The van der Waals surface area contributed by atoms with E-state index in [1.54, 1.807) is 47.4 Å². The van der Waals surface area contributed by atoms with Crippen LogP contribution in [0.2, 0.25) is 0 Å². The van der Waals surface area contributed by atoms with Gasteiger partial charge in [0.25, 0.3) is 10.1 Å². The van der Waals surface area contributed by atoms with Crippen molar-refractivity contribution in [1.82, 2.24) is 10.6 Å². The Morgan fingerprint density at radius 1 is 0.800 bits per heavy atom. The number of hydrogen-bond donors (Lipinski definition) is 7. The van der Waals surface area contributed by atoms with Crippen molar-refractivity contribution < 1.29 is 81.0 Å². The number of rotatable bonds is 24. The fourth-order valence-corrected chi connectivity index (χ4v) is 8.39. The minimum absolute atomic E-state index is 0.000900. The molecule has 2 aromatic carbocycles. The van der Waals surface area contributed by atoms with Gasteiger partial charge in [0.15, 0.2) is 12.3 Å². The number of carbonyl (C=O) groups is 6. The van der Waals surface area contributed by atoms with Gasteiger partial charge in [-0.3, -0.25) is 23.7 Å². The van der Waals surface area contributed by atoms with Crippen LogP contribution in [0.5, 0.6) is 0 Å². The van der Waals surface area contributed by atoms with Crippen LogP contribution in [0.1, 0.15) is 70.9 Å². The molecule has 0 aromatic heterocycles. The summed E-state index contributed by atoms with van der Waals surface area (Å²) in [5, 5.41) is 46.2. The summed E-state index contributed by atoms with van der Waals surface area (Å²) in [6, 6.07) is 6.57. The molecular weight excluding hydrogens is 893 g/mol. The Balaban J connectivity index is 1.61. The summed E-state index contributed by atoms with van der Waals surface area (Å²) in [5.74, 6) is -6.75. The number of carboxylic acid groups (broad SMARTS) is 4. The van der Waals surface area contributed by atoms with Crippen LogP contribution in [0.4, 0.5) is 11.4 Å². The zero-order valence-electron chi connectivity index (χ0n) is 36.0. The SMILES string of the molecule is COOOSc1ccc2c(c1)C(C)(C)C(/C=C/C=C/C=C/C=C1/N(CCC(=O)NC(CC(=O)O)C(=O)O)c3ccc(S(=O)(=O)O)cc3C1(C)C)=[N+]2CCC(=O)N[C@@H](CCC(=O)O)C(=O)O. The van der Waals surface area contributed by atoms with Crippen LogP contribution >= 0.6 is 12.0 Å². The number of amides is 2. The number of fused-ring (bicyclic) bond motifs is 2. The molecule has 2 aromatic rings. The van der Waals surface area contributed by atoms with Crippen molar-refractivity contribution in [3.63, 3.8) is 0 Å². The number of hydrogen-bond acceptors (Lipinski definition) is 13. The summed E-state index contributed by atoms with van der Waals surface area (Å²) in [4.78, 5) is 77.9. The summed E-state index contributed by atoms with van der Waals surface area (Å²) >= 11 is 0.923. The molecule has 0 fully saturated rings. The number of carbonyl (C=O) groups excluding carboxylic acids is 2. The van der Waals surface area contributed by atoms with E-state index < -0.39 is 81.6 Å². The van der Waals surface area contributed by atoms with E-state index in [9.17, 15) is 52.0 Å². The zero-order chi connectivity index (χ0) is 48.3. The number of benzene rings is 2. The molecule has 22 heteroatoms. The van der Waals surface area contributed by atoms with E-state index in [1.807, 2.05) is 50.5 Å². The average Bonchev–Trinajstić information content (AvgIpc) is 3.56. The van der Waals surface area contributed by atoms with Gasteiger partial charge in [-0.05, 0) is 62.2 Å². The van der Waals surface area contributed by atoms with E-state index in [4.69, 9.17) is 14.5 Å². The molecule has 0 radical (unpaired) electrons. The maximum absolute atomic E-state index is 13.0. The first kappa shape index (κ1) is 51.5. The zero-order valence-corrected chi connectivity index (χ0v) is 37.7. The van der Waals surface area contributed by atoms with Gasteiger partial charge < -0.3 is 36.0 Å². The molecular formula is C43H51N4O16S2+. The van der Waals surface area contributed by atoms with E-state index in [1.165, 1.54) is 25.3 Å². The van der Waals surface area contributed by atoms with Crippen LogP contribution in [-0.2, 0) is 64.0 Å². The Morgan fingerprint density at radius 3 is 2.08 bits per heavy atom. The molecule has 2 aliphatic rings. The summed E-state index contributed by atoms with van der Waals surface area (Å²) in [6.45, 7) is 7.77. The highest BCUT2D eigenvalue weighted by molar-refractivity contribution is 7.94. The molecule has 0 aliphatic carbocycles. The van der Waals surface area contributed by atoms with Crippen LogP contribution in [0.3, 0.4) is 0 Å². The fraction of sp³-hybridized carbons (Fsp3) is 0.372. The van der Waals surface area contributed by atoms with Gasteiger partial charge in [-0.1, -0.05) is 49.3 Å². The van der Waals surface area contributed by atoms with Crippen molar-refractivity contribution in [2.45, 2.75) is 92.5 Å².